The van der Waals surface area contributed by atoms with Crippen LogP contribution in [0.1, 0.15) is 27.7 Å². The number of hydrogen-bond donors (Lipinski definition) is 0. The molecule has 0 rings (SSSR count). The van der Waals surface area contributed by atoms with Gasteiger partial charge in [0, 0.05) is 0 Å². The number of ether oxygens (including phenoxy) is 3. The van der Waals surface area contributed by atoms with Crippen LogP contribution in [0, 0.1) is 29.6 Å². The van der Waals surface area contributed by atoms with Gasteiger partial charge < -0.3 is 14.2 Å². The van der Waals surface area contributed by atoms with Crippen molar-refractivity contribution in [3.8, 4) is 23.7 Å². The molecule has 0 unspecified atom stereocenters. The van der Waals surface area contributed by atoms with Gasteiger partial charge in [-0.15, -0.1) is 0 Å². The molecule has 0 aliphatic heterocycles. The molecule has 0 spiro atoms. The van der Waals surface area contributed by atoms with E-state index in [0.717, 1.165) is 6.61 Å². The molecule has 0 aliphatic rings. The van der Waals surface area contributed by atoms with Gasteiger partial charge in [-0.2, -0.15) is 0 Å². The fraction of sp³-hybridized carbons (Fsp3) is 0.733. The van der Waals surface area contributed by atoms with Gasteiger partial charge >= 0.3 is 0 Å². The third-order valence-corrected chi connectivity index (χ3v) is 1.72. The highest BCUT2D eigenvalue weighted by Crippen LogP contribution is 1.90. The van der Waals surface area contributed by atoms with Gasteiger partial charge in [0.15, 0.2) is 0 Å². The van der Waals surface area contributed by atoms with Gasteiger partial charge in [-0.25, -0.2) is 0 Å². The van der Waals surface area contributed by atoms with Crippen molar-refractivity contribution in [2.45, 2.75) is 33.8 Å². The first kappa shape index (κ1) is 17.0. The van der Waals surface area contributed by atoms with Crippen LogP contribution >= 0.6 is 0 Å². The Hall–Kier alpha value is -1.00. The SMILES string of the molecule is CC(C)COCC#CC#CCOCCOC(C)C. The number of hydrogen-bond acceptors (Lipinski definition) is 3. The molecule has 3 nitrogen and oxygen atoms in total. The van der Waals surface area contributed by atoms with Crippen molar-refractivity contribution in [1.82, 2.24) is 0 Å². The van der Waals surface area contributed by atoms with Crippen LogP contribution in [0.2, 0.25) is 0 Å². The van der Waals surface area contributed by atoms with Gasteiger partial charge in [0.05, 0.1) is 25.9 Å². The molecule has 0 atom stereocenters. The van der Waals surface area contributed by atoms with Crippen molar-refractivity contribution in [2.24, 2.45) is 5.92 Å². The molecule has 102 valence electrons. The van der Waals surface area contributed by atoms with Gasteiger partial charge in [-0.05, 0) is 31.6 Å². The molecule has 0 aromatic carbocycles. The van der Waals surface area contributed by atoms with E-state index < -0.39 is 0 Å². The van der Waals surface area contributed by atoms with Crippen LogP contribution in [0.5, 0.6) is 0 Å². The first-order valence-corrected chi connectivity index (χ1v) is 6.35. The molecule has 0 aliphatic carbocycles. The first-order chi connectivity index (χ1) is 8.63. The van der Waals surface area contributed by atoms with Crippen molar-refractivity contribution < 1.29 is 14.2 Å². The van der Waals surface area contributed by atoms with Crippen LogP contribution in [0.15, 0.2) is 0 Å². The zero-order chi connectivity index (χ0) is 13.6. The van der Waals surface area contributed by atoms with E-state index in [9.17, 15) is 0 Å². The second kappa shape index (κ2) is 12.5. The first-order valence-electron chi connectivity index (χ1n) is 6.35. The summed E-state index contributed by atoms with van der Waals surface area (Å²) in [7, 11) is 0. The highest BCUT2D eigenvalue weighted by atomic mass is 16.5. The van der Waals surface area contributed by atoms with E-state index in [1.54, 1.807) is 0 Å². The molecular weight excluding hydrogens is 228 g/mol. The Morgan fingerprint density at radius 2 is 1.44 bits per heavy atom. The predicted octanol–water partition coefficient (Wildman–Crippen LogP) is 2.11. The maximum absolute atomic E-state index is 5.32. The molecule has 18 heavy (non-hydrogen) atoms. The molecule has 0 radical (unpaired) electrons. The molecule has 0 fully saturated rings. The molecule has 3 heteroatoms. The Balaban J connectivity index is 3.36. The third-order valence-electron chi connectivity index (χ3n) is 1.72. The maximum Gasteiger partial charge on any atom is 0.108 e. The van der Waals surface area contributed by atoms with E-state index in [1.807, 2.05) is 13.8 Å². The minimum Gasteiger partial charge on any atom is -0.376 e. The van der Waals surface area contributed by atoms with E-state index >= 15 is 0 Å². The number of rotatable bonds is 8. The average molecular weight is 252 g/mol. The molecule has 0 aromatic heterocycles. The summed E-state index contributed by atoms with van der Waals surface area (Å²) in [5.41, 5.74) is 0. The van der Waals surface area contributed by atoms with E-state index in [-0.39, 0.29) is 6.10 Å². The quantitative estimate of drug-likeness (QED) is 0.489. The van der Waals surface area contributed by atoms with Gasteiger partial charge in [-0.3, -0.25) is 0 Å². The topological polar surface area (TPSA) is 27.7 Å². The third kappa shape index (κ3) is 15.0. The van der Waals surface area contributed by atoms with Crippen molar-refractivity contribution in [3.63, 3.8) is 0 Å². The minimum atomic E-state index is 0.247. The van der Waals surface area contributed by atoms with Crippen molar-refractivity contribution >= 4 is 0 Å². The highest BCUT2D eigenvalue weighted by molar-refractivity contribution is 5.26. The Morgan fingerprint density at radius 1 is 0.833 bits per heavy atom. The smallest absolute Gasteiger partial charge is 0.108 e. The summed E-state index contributed by atoms with van der Waals surface area (Å²) in [5.74, 6) is 11.6. The normalized spacial score (nSPS) is 9.89. The molecule has 0 amide bonds. The molecule has 0 saturated carbocycles. The lowest BCUT2D eigenvalue weighted by atomic mass is 10.2. The van der Waals surface area contributed by atoms with Crippen LogP contribution < -0.4 is 0 Å². The lowest BCUT2D eigenvalue weighted by Crippen LogP contribution is -2.09. The van der Waals surface area contributed by atoms with Crippen LogP contribution in [-0.4, -0.2) is 39.1 Å². The van der Waals surface area contributed by atoms with E-state index in [4.69, 9.17) is 14.2 Å². The van der Waals surface area contributed by atoms with E-state index in [2.05, 4.69) is 37.5 Å². The molecule has 0 bridgehead atoms. The fourth-order valence-corrected chi connectivity index (χ4v) is 0.972. The van der Waals surface area contributed by atoms with Crippen molar-refractivity contribution in [3.05, 3.63) is 0 Å². The van der Waals surface area contributed by atoms with Crippen LogP contribution in [-0.2, 0) is 14.2 Å². The zero-order valence-corrected chi connectivity index (χ0v) is 11.9. The summed E-state index contributed by atoms with van der Waals surface area (Å²) in [5, 5.41) is 0. The Morgan fingerprint density at radius 3 is 2.00 bits per heavy atom. The summed E-state index contributed by atoms with van der Waals surface area (Å²) in [4.78, 5) is 0. The van der Waals surface area contributed by atoms with Gasteiger partial charge in [-0.1, -0.05) is 25.7 Å². The van der Waals surface area contributed by atoms with E-state index in [0.29, 0.717) is 32.3 Å². The van der Waals surface area contributed by atoms with Gasteiger partial charge in [0.1, 0.15) is 13.2 Å². The Kier molecular flexibility index (Phi) is 11.8. The van der Waals surface area contributed by atoms with Crippen LogP contribution in [0.3, 0.4) is 0 Å². The summed E-state index contributed by atoms with van der Waals surface area (Å²) >= 11 is 0. The maximum atomic E-state index is 5.32. The largest absolute Gasteiger partial charge is 0.376 e. The monoisotopic (exact) mass is 252 g/mol. The molecule has 0 N–H and O–H groups in total. The van der Waals surface area contributed by atoms with Gasteiger partial charge in [0.25, 0.3) is 0 Å². The summed E-state index contributed by atoms with van der Waals surface area (Å²) in [6.07, 6.45) is 0.247. The van der Waals surface area contributed by atoms with Crippen molar-refractivity contribution in [1.29, 1.82) is 0 Å². The lowest BCUT2D eigenvalue weighted by Gasteiger charge is -2.05. The lowest BCUT2D eigenvalue weighted by molar-refractivity contribution is 0.0280. The molecule has 0 saturated heterocycles. The van der Waals surface area contributed by atoms with Crippen molar-refractivity contribution in [2.75, 3.05) is 33.0 Å². The second-order valence-electron chi connectivity index (χ2n) is 4.48. The predicted molar refractivity (Wildman–Crippen MR) is 73.1 cm³/mol. The summed E-state index contributed by atoms with van der Waals surface area (Å²) in [6, 6.07) is 0. The highest BCUT2D eigenvalue weighted by Gasteiger charge is 1.91. The minimum absolute atomic E-state index is 0.247. The van der Waals surface area contributed by atoms with Gasteiger partial charge in [0.2, 0.25) is 0 Å². The zero-order valence-electron chi connectivity index (χ0n) is 11.9. The second-order valence-corrected chi connectivity index (χ2v) is 4.48. The molecular formula is C15H24O3. The van der Waals surface area contributed by atoms with Crippen LogP contribution in [0.25, 0.3) is 0 Å². The molecule has 0 heterocycles. The average Bonchev–Trinajstić information content (AvgIpc) is 2.29. The Labute approximate surface area is 111 Å². The Bertz CT molecular complexity index is 299. The van der Waals surface area contributed by atoms with E-state index in [1.165, 1.54) is 0 Å². The standard InChI is InChI=1S/C15H24O3/c1-14(2)13-17-10-8-6-5-7-9-16-11-12-18-15(3)4/h14-15H,9-13H2,1-4H3. The summed E-state index contributed by atoms with van der Waals surface area (Å²) in [6.45, 7) is 10.9. The molecule has 0 aromatic rings. The summed E-state index contributed by atoms with van der Waals surface area (Å²) < 4.78 is 15.8. The van der Waals surface area contributed by atoms with Crippen LogP contribution in [0.4, 0.5) is 0 Å². The fourth-order valence-electron chi connectivity index (χ4n) is 0.972.